The van der Waals surface area contributed by atoms with Crippen molar-refractivity contribution in [2.24, 2.45) is 5.92 Å². The van der Waals surface area contributed by atoms with Gasteiger partial charge in [0.25, 0.3) is 0 Å². The van der Waals surface area contributed by atoms with Crippen molar-refractivity contribution < 1.29 is 28.5 Å². The second kappa shape index (κ2) is 15.0. The van der Waals surface area contributed by atoms with E-state index in [2.05, 4.69) is 5.32 Å². The highest BCUT2D eigenvalue weighted by molar-refractivity contribution is 6.06. The molecule has 0 saturated carbocycles. The molecule has 0 aromatic heterocycles. The third-order valence-corrected chi connectivity index (χ3v) is 4.70. The Morgan fingerprint density at radius 1 is 0.909 bits per heavy atom. The molecule has 2 aromatic rings. The van der Waals surface area contributed by atoms with Gasteiger partial charge in [-0.3, -0.25) is 9.59 Å². The summed E-state index contributed by atoms with van der Waals surface area (Å²) < 4.78 is 22.0. The Balaban J connectivity index is 1.49. The van der Waals surface area contributed by atoms with Crippen LogP contribution in [0.5, 0.6) is 5.75 Å². The van der Waals surface area contributed by atoms with Crippen LogP contribution in [0.2, 0.25) is 0 Å². The van der Waals surface area contributed by atoms with E-state index >= 15 is 0 Å². The molecule has 0 fully saturated rings. The molecule has 0 radical (unpaired) electrons. The average Bonchev–Trinajstić information content (AvgIpc) is 2.82. The van der Waals surface area contributed by atoms with Crippen LogP contribution in [-0.4, -0.2) is 64.9 Å². The average molecular weight is 459 g/mol. The molecule has 2 rings (SSSR count). The van der Waals surface area contributed by atoms with Gasteiger partial charge in [0, 0.05) is 35.0 Å². The molecule has 0 spiro atoms. The van der Waals surface area contributed by atoms with Gasteiger partial charge in [0.05, 0.1) is 39.6 Å². The fourth-order valence-corrected chi connectivity index (χ4v) is 2.95. The zero-order valence-corrected chi connectivity index (χ0v) is 19.4. The lowest BCUT2D eigenvalue weighted by Gasteiger charge is -2.13. The summed E-state index contributed by atoms with van der Waals surface area (Å²) in [6, 6.07) is 12.5. The van der Waals surface area contributed by atoms with Gasteiger partial charge in [-0.05, 0) is 30.3 Å². The summed E-state index contributed by atoms with van der Waals surface area (Å²) in [4.78, 5) is 23.8. The van der Waals surface area contributed by atoms with Crippen molar-refractivity contribution in [3.63, 3.8) is 0 Å². The van der Waals surface area contributed by atoms with Crippen molar-refractivity contribution in [1.29, 1.82) is 0 Å². The third-order valence-electron chi connectivity index (χ3n) is 4.70. The van der Waals surface area contributed by atoms with Gasteiger partial charge in [-0.25, -0.2) is 0 Å². The van der Waals surface area contributed by atoms with E-state index in [-0.39, 0.29) is 11.7 Å². The van der Waals surface area contributed by atoms with Crippen molar-refractivity contribution in [2.75, 3.05) is 63.8 Å². The maximum absolute atomic E-state index is 12.3. The van der Waals surface area contributed by atoms with E-state index < -0.39 is 0 Å². The standard InChI is InChI=1S/C25H34N2O6/c1-19(2)25(29)22-4-3-5-24(23(22)18-28)27-10-11-30-12-13-31-14-15-32-16-17-33-21-8-6-20(26)7-9-21/h3-9,18-19,27H,10-17,26H2,1-2H3. The van der Waals surface area contributed by atoms with Gasteiger partial charge in [0.1, 0.15) is 12.4 Å². The number of carbonyl (C=O) groups is 2. The topological polar surface area (TPSA) is 109 Å². The zero-order chi connectivity index (χ0) is 23.9. The highest BCUT2D eigenvalue weighted by Crippen LogP contribution is 2.21. The number of rotatable bonds is 17. The van der Waals surface area contributed by atoms with Crippen LogP contribution in [0.3, 0.4) is 0 Å². The van der Waals surface area contributed by atoms with Gasteiger partial charge in [-0.1, -0.05) is 26.0 Å². The van der Waals surface area contributed by atoms with E-state index in [0.717, 1.165) is 12.0 Å². The van der Waals surface area contributed by atoms with Crippen LogP contribution in [0.1, 0.15) is 34.6 Å². The van der Waals surface area contributed by atoms with Crippen molar-refractivity contribution in [3.8, 4) is 5.75 Å². The minimum atomic E-state index is -0.171. The summed E-state index contributed by atoms with van der Waals surface area (Å²) in [7, 11) is 0. The number of nitrogens with two attached hydrogens (primary N) is 1. The molecule has 8 heteroatoms. The Morgan fingerprint density at radius 3 is 2.12 bits per heavy atom. The molecular weight excluding hydrogens is 424 g/mol. The van der Waals surface area contributed by atoms with Crippen molar-refractivity contribution in [3.05, 3.63) is 53.6 Å². The molecule has 0 aliphatic rings. The van der Waals surface area contributed by atoms with Crippen LogP contribution in [0.25, 0.3) is 0 Å². The van der Waals surface area contributed by atoms with Gasteiger partial charge in [-0.15, -0.1) is 0 Å². The Bertz CT molecular complexity index is 854. The Kier molecular flexibility index (Phi) is 12.0. The lowest BCUT2D eigenvalue weighted by atomic mass is 9.96. The van der Waals surface area contributed by atoms with E-state index in [1.807, 2.05) is 26.0 Å². The first-order chi connectivity index (χ1) is 16.0. The van der Waals surface area contributed by atoms with Gasteiger partial charge >= 0.3 is 0 Å². The maximum Gasteiger partial charge on any atom is 0.166 e. The zero-order valence-electron chi connectivity index (χ0n) is 19.4. The number of hydrogen-bond acceptors (Lipinski definition) is 8. The van der Waals surface area contributed by atoms with E-state index in [1.165, 1.54) is 0 Å². The Hall–Kier alpha value is -2.94. The molecule has 0 atom stereocenters. The number of ketones is 1. The molecule has 0 bridgehead atoms. The predicted molar refractivity (Wildman–Crippen MR) is 128 cm³/mol. The van der Waals surface area contributed by atoms with Crippen LogP contribution in [-0.2, 0) is 14.2 Å². The SMILES string of the molecule is CC(C)C(=O)c1cccc(NCCOCCOCCOCCOc2ccc(N)cc2)c1C=O. The minimum Gasteiger partial charge on any atom is -0.491 e. The number of aldehydes is 1. The van der Waals surface area contributed by atoms with Gasteiger partial charge in [-0.2, -0.15) is 0 Å². The monoisotopic (exact) mass is 458 g/mol. The fourth-order valence-electron chi connectivity index (χ4n) is 2.95. The minimum absolute atomic E-state index is 0.0486. The van der Waals surface area contributed by atoms with Gasteiger partial charge in [0.2, 0.25) is 0 Å². The second-order valence-corrected chi connectivity index (χ2v) is 7.59. The predicted octanol–water partition coefficient (Wildman–Crippen LogP) is 3.46. The molecule has 2 aromatic carbocycles. The summed E-state index contributed by atoms with van der Waals surface area (Å²) in [6.45, 7) is 7.39. The molecule has 0 heterocycles. The molecule has 8 nitrogen and oxygen atoms in total. The molecular formula is C25H34N2O6. The first-order valence-corrected chi connectivity index (χ1v) is 11.1. The highest BCUT2D eigenvalue weighted by Gasteiger charge is 2.16. The summed E-state index contributed by atoms with van der Waals surface area (Å²) in [5, 5.41) is 3.16. The largest absolute Gasteiger partial charge is 0.491 e. The Labute approximate surface area is 195 Å². The molecule has 0 unspecified atom stereocenters. The van der Waals surface area contributed by atoms with E-state index in [4.69, 9.17) is 24.7 Å². The number of Topliss-reactive ketones (excluding diaryl/α,β-unsaturated/α-hetero) is 1. The van der Waals surface area contributed by atoms with Crippen LogP contribution in [0.15, 0.2) is 42.5 Å². The lowest BCUT2D eigenvalue weighted by Crippen LogP contribution is -2.16. The first kappa shape index (κ1) is 26.3. The second-order valence-electron chi connectivity index (χ2n) is 7.59. The van der Waals surface area contributed by atoms with Crippen LogP contribution < -0.4 is 15.8 Å². The van der Waals surface area contributed by atoms with Crippen molar-refractivity contribution in [1.82, 2.24) is 0 Å². The number of nitrogens with one attached hydrogen (secondary N) is 1. The maximum atomic E-state index is 12.3. The normalized spacial score (nSPS) is 10.9. The van der Waals surface area contributed by atoms with E-state index in [9.17, 15) is 9.59 Å². The Morgan fingerprint density at radius 2 is 1.52 bits per heavy atom. The summed E-state index contributed by atoms with van der Waals surface area (Å²) in [5.74, 6) is 0.540. The van der Waals surface area contributed by atoms with Crippen molar-refractivity contribution >= 4 is 23.4 Å². The smallest absolute Gasteiger partial charge is 0.166 e. The fraction of sp³-hybridized carbons (Fsp3) is 0.440. The number of ether oxygens (including phenoxy) is 4. The quantitative estimate of drug-likeness (QED) is 0.161. The number of anilines is 2. The molecule has 180 valence electrons. The van der Waals surface area contributed by atoms with E-state index in [0.29, 0.717) is 75.3 Å². The van der Waals surface area contributed by atoms with Crippen molar-refractivity contribution in [2.45, 2.75) is 13.8 Å². The molecule has 33 heavy (non-hydrogen) atoms. The molecule has 0 saturated heterocycles. The summed E-state index contributed by atoms with van der Waals surface area (Å²) in [6.07, 6.45) is 0.721. The number of benzene rings is 2. The summed E-state index contributed by atoms with van der Waals surface area (Å²) >= 11 is 0. The highest BCUT2D eigenvalue weighted by atomic mass is 16.6. The van der Waals surface area contributed by atoms with Crippen LogP contribution in [0, 0.1) is 5.92 Å². The van der Waals surface area contributed by atoms with Crippen LogP contribution >= 0.6 is 0 Å². The molecule has 0 aliphatic heterocycles. The number of hydrogen-bond donors (Lipinski definition) is 2. The summed E-state index contributed by atoms with van der Waals surface area (Å²) in [5.41, 5.74) is 7.79. The van der Waals surface area contributed by atoms with Crippen LogP contribution in [0.4, 0.5) is 11.4 Å². The molecule has 0 aliphatic carbocycles. The van der Waals surface area contributed by atoms with Gasteiger partial charge in [0.15, 0.2) is 12.1 Å². The molecule has 3 N–H and O–H groups in total. The molecule has 0 amide bonds. The number of carbonyl (C=O) groups excluding carboxylic acids is 2. The number of nitrogen functional groups attached to an aromatic ring is 1. The van der Waals surface area contributed by atoms with E-state index in [1.54, 1.807) is 30.3 Å². The first-order valence-electron chi connectivity index (χ1n) is 11.1. The van der Waals surface area contributed by atoms with Gasteiger partial charge < -0.3 is 30.0 Å². The third kappa shape index (κ3) is 9.61. The lowest BCUT2D eigenvalue weighted by molar-refractivity contribution is 0.0109.